The molecule has 0 saturated carbocycles. The molecule has 0 spiro atoms. The number of aliphatic imine (C=N–C) groups is 1. The summed E-state index contributed by atoms with van der Waals surface area (Å²) < 4.78 is 6.44. The smallest absolute Gasteiger partial charge is 0.119 e. The van der Waals surface area contributed by atoms with Crippen molar-refractivity contribution in [1.82, 2.24) is 0 Å². The molecule has 3 heteroatoms. The molecule has 2 aromatic rings. The third kappa shape index (κ3) is 4.56. The van der Waals surface area contributed by atoms with Gasteiger partial charge in [-0.15, -0.1) is 0 Å². The molecular weight excluding hydrogens is 373 g/mol. The Morgan fingerprint density at radius 2 is 1.81 bits per heavy atom. The second kappa shape index (κ2) is 8.17. The van der Waals surface area contributed by atoms with Crippen molar-refractivity contribution in [1.29, 1.82) is 0 Å². The second-order valence-corrected chi connectivity index (χ2v) is 6.00. The Labute approximate surface area is 140 Å². The molecular formula is C18H20INO. The highest BCUT2D eigenvalue weighted by Crippen LogP contribution is 2.22. The van der Waals surface area contributed by atoms with Crippen LogP contribution in [0.2, 0.25) is 0 Å². The summed E-state index contributed by atoms with van der Waals surface area (Å²) in [5.41, 5.74) is 3.37. The van der Waals surface area contributed by atoms with Crippen molar-refractivity contribution in [3.63, 3.8) is 0 Å². The molecule has 0 unspecified atom stereocenters. The van der Waals surface area contributed by atoms with Gasteiger partial charge in [-0.1, -0.05) is 31.5 Å². The van der Waals surface area contributed by atoms with Crippen LogP contribution < -0.4 is 4.74 Å². The minimum absolute atomic E-state index is 0.860. The standard InChI is InChI=1S/C18H20INO/c1-3-4-9-18(16-7-5-6-8-17(16)19)20-14-10-12-15(21-2)13-11-14/h5-8,10-13H,3-4,9H2,1-2H3. The zero-order chi connectivity index (χ0) is 15.1. The Bertz CT molecular complexity index is 605. The maximum Gasteiger partial charge on any atom is 0.119 e. The molecule has 2 rings (SSSR count). The number of ether oxygens (including phenoxy) is 1. The summed E-state index contributed by atoms with van der Waals surface area (Å²) in [4.78, 5) is 4.86. The fourth-order valence-electron chi connectivity index (χ4n) is 2.10. The molecule has 0 atom stereocenters. The number of hydrogen-bond donors (Lipinski definition) is 0. The normalized spacial score (nSPS) is 11.5. The summed E-state index contributed by atoms with van der Waals surface area (Å²) in [6.45, 7) is 2.21. The number of nitrogens with zero attached hydrogens (tertiary/aromatic N) is 1. The van der Waals surface area contributed by atoms with Crippen LogP contribution >= 0.6 is 22.6 Å². The van der Waals surface area contributed by atoms with Gasteiger partial charge in [-0.3, -0.25) is 4.99 Å². The molecule has 0 aliphatic heterocycles. The largest absolute Gasteiger partial charge is 0.497 e. The summed E-state index contributed by atoms with van der Waals surface area (Å²) in [5, 5.41) is 0. The van der Waals surface area contributed by atoms with Crippen LogP contribution in [-0.2, 0) is 0 Å². The maximum atomic E-state index is 5.19. The van der Waals surface area contributed by atoms with Gasteiger partial charge in [-0.05, 0) is 65.8 Å². The van der Waals surface area contributed by atoms with Crippen molar-refractivity contribution in [3.8, 4) is 5.75 Å². The quantitative estimate of drug-likeness (QED) is 0.462. The summed E-state index contributed by atoms with van der Waals surface area (Å²) >= 11 is 2.38. The van der Waals surface area contributed by atoms with Crippen molar-refractivity contribution in [2.75, 3.05) is 7.11 Å². The molecule has 0 aliphatic rings. The molecule has 0 heterocycles. The van der Waals surface area contributed by atoms with Gasteiger partial charge in [0.05, 0.1) is 12.8 Å². The van der Waals surface area contributed by atoms with Gasteiger partial charge in [0.2, 0.25) is 0 Å². The lowest BCUT2D eigenvalue weighted by Crippen LogP contribution is -2.03. The Hall–Kier alpha value is -1.36. The third-order valence-corrected chi connectivity index (χ3v) is 4.23. The molecule has 0 N–H and O–H groups in total. The number of halogens is 1. The van der Waals surface area contributed by atoms with Crippen molar-refractivity contribution in [2.45, 2.75) is 26.2 Å². The number of rotatable bonds is 6. The lowest BCUT2D eigenvalue weighted by atomic mass is 10.0. The number of hydrogen-bond acceptors (Lipinski definition) is 2. The van der Waals surface area contributed by atoms with Gasteiger partial charge in [0.25, 0.3) is 0 Å². The van der Waals surface area contributed by atoms with E-state index in [0.717, 1.165) is 30.0 Å². The fraction of sp³-hybridized carbons (Fsp3) is 0.278. The van der Waals surface area contributed by atoms with E-state index in [-0.39, 0.29) is 0 Å². The van der Waals surface area contributed by atoms with E-state index in [0.29, 0.717) is 0 Å². The lowest BCUT2D eigenvalue weighted by molar-refractivity contribution is 0.415. The Kier molecular flexibility index (Phi) is 6.23. The van der Waals surface area contributed by atoms with Crippen molar-refractivity contribution >= 4 is 34.0 Å². The third-order valence-electron chi connectivity index (χ3n) is 3.29. The summed E-state index contributed by atoms with van der Waals surface area (Å²) in [6.07, 6.45) is 3.33. The molecule has 110 valence electrons. The number of methoxy groups -OCH3 is 1. The first-order valence-electron chi connectivity index (χ1n) is 7.21. The fourth-order valence-corrected chi connectivity index (χ4v) is 2.80. The van der Waals surface area contributed by atoms with E-state index in [4.69, 9.17) is 9.73 Å². The molecule has 0 bridgehead atoms. The van der Waals surface area contributed by atoms with Gasteiger partial charge in [-0.2, -0.15) is 0 Å². The molecule has 0 aromatic heterocycles. The van der Waals surface area contributed by atoms with Crippen molar-refractivity contribution < 1.29 is 4.74 Å². The van der Waals surface area contributed by atoms with Crippen LogP contribution in [0.25, 0.3) is 0 Å². The van der Waals surface area contributed by atoms with Gasteiger partial charge in [0, 0.05) is 14.8 Å². The number of benzene rings is 2. The molecule has 0 saturated heterocycles. The van der Waals surface area contributed by atoms with E-state index in [1.807, 2.05) is 24.3 Å². The molecule has 0 aliphatic carbocycles. The van der Waals surface area contributed by atoms with Crippen molar-refractivity contribution in [3.05, 3.63) is 57.7 Å². The zero-order valence-corrected chi connectivity index (χ0v) is 14.6. The van der Waals surface area contributed by atoms with E-state index in [1.54, 1.807) is 7.11 Å². The van der Waals surface area contributed by atoms with Crippen LogP contribution in [0.4, 0.5) is 5.69 Å². The molecule has 0 radical (unpaired) electrons. The van der Waals surface area contributed by atoms with Gasteiger partial charge in [0.15, 0.2) is 0 Å². The van der Waals surface area contributed by atoms with Gasteiger partial charge < -0.3 is 4.74 Å². The molecule has 2 aromatic carbocycles. The van der Waals surface area contributed by atoms with Crippen molar-refractivity contribution in [2.24, 2.45) is 4.99 Å². The summed E-state index contributed by atoms with van der Waals surface area (Å²) in [5.74, 6) is 0.860. The predicted octanol–water partition coefficient (Wildman–Crippen LogP) is 5.61. The molecule has 2 nitrogen and oxygen atoms in total. The summed E-state index contributed by atoms with van der Waals surface area (Å²) in [7, 11) is 1.68. The topological polar surface area (TPSA) is 21.6 Å². The maximum absolute atomic E-state index is 5.19. The van der Waals surface area contributed by atoms with Crippen LogP contribution in [0, 0.1) is 3.57 Å². The average Bonchev–Trinajstić information content (AvgIpc) is 2.53. The zero-order valence-electron chi connectivity index (χ0n) is 12.5. The van der Waals surface area contributed by atoms with Gasteiger partial charge >= 0.3 is 0 Å². The SMILES string of the molecule is CCCCC(=Nc1ccc(OC)cc1)c1ccccc1I. The highest BCUT2D eigenvalue weighted by molar-refractivity contribution is 14.1. The van der Waals surface area contributed by atoms with Crippen LogP contribution in [-0.4, -0.2) is 12.8 Å². The highest BCUT2D eigenvalue weighted by atomic mass is 127. The average molecular weight is 393 g/mol. The molecule has 0 amide bonds. The van der Waals surface area contributed by atoms with Crippen LogP contribution in [0.5, 0.6) is 5.75 Å². The number of unbranched alkanes of at least 4 members (excludes halogenated alkanes) is 1. The molecule has 0 fully saturated rings. The minimum atomic E-state index is 0.860. The monoisotopic (exact) mass is 393 g/mol. The first-order valence-corrected chi connectivity index (χ1v) is 8.29. The minimum Gasteiger partial charge on any atom is -0.497 e. The van der Waals surface area contributed by atoms with E-state index in [9.17, 15) is 0 Å². The van der Waals surface area contributed by atoms with E-state index >= 15 is 0 Å². The van der Waals surface area contributed by atoms with E-state index in [1.165, 1.54) is 15.6 Å². The highest BCUT2D eigenvalue weighted by Gasteiger charge is 2.07. The second-order valence-electron chi connectivity index (χ2n) is 4.84. The van der Waals surface area contributed by atoms with E-state index < -0.39 is 0 Å². The van der Waals surface area contributed by atoms with Gasteiger partial charge in [0.1, 0.15) is 5.75 Å². The van der Waals surface area contributed by atoms with Crippen LogP contribution in [0.15, 0.2) is 53.5 Å². The Balaban J connectivity index is 2.34. The molecule has 21 heavy (non-hydrogen) atoms. The predicted molar refractivity (Wildman–Crippen MR) is 97.9 cm³/mol. The van der Waals surface area contributed by atoms with Gasteiger partial charge in [-0.25, -0.2) is 0 Å². The Morgan fingerprint density at radius 3 is 2.43 bits per heavy atom. The van der Waals surface area contributed by atoms with Crippen LogP contribution in [0.3, 0.4) is 0 Å². The lowest BCUT2D eigenvalue weighted by Gasteiger charge is -2.09. The van der Waals surface area contributed by atoms with E-state index in [2.05, 4.69) is 53.8 Å². The first kappa shape index (κ1) is 16.0. The Morgan fingerprint density at radius 1 is 1.10 bits per heavy atom. The summed E-state index contributed by atoms with van der Waals surface area (Å²) in [6, 6.07) is 16.3. The first-order chi connectivity index (χ1) is 10.2. The van der Waals surface area contributed by atoms with Crippen LogP contribution in [0.1, 0.15) is 31.7 Å².